The first-order chi connectivity index (χ1) is 10.5. The second-order valence-electron chi connectivity index (χ2n) is 7.25. The number of nitrogens with one attached hydrogen (secondary N) is 2. The first-order valence-corrected chi connectivity index (χ1v) is 8.50. The average molecular weight is 302 g/mol. The van der Waals surface area contributed by atoms with Gasteiger partial charge in [0.15, 0.2) is 0 Å². The molecule has 0 aromatic heterocycles. The van der Waals surface area contributed by atoms with Crippen LogP contribution in [0.4, 0.5) is 0 Å². The molecule has 3 atom stereocenters. The molecule has 122 valence electrons. The summed E-state index contributed by atoms with van der Waals surface area (Å²) in [6, 6.07) is 0.521. The molecule has 1 saturated heterocycles. The van der Waals surface area contributed by atoms with Gasteiger partial charge in [0.1, 0.15) is 0 Å². The van der Waals surface area contributed by atoms with Gasteiger partial charge in [0, 0.05) is 37.4 Å². The molecule has 0 amide bonds. The van der Waals surface area contributed by atoms with Crippen LogP contribution in [0, 0.1) is 5.92 Å². The van der Waals surface area contributed by atoms with Crippen LogP contribution in [-0.4, -0.2) is 50.2 Å². The van der Waals surface area contributed by atoms with Crippen LogP contribution >= 0.6 is 0 Å². The maximum Gasteiger partial charge on any atom is 0.0786 e. The van der Waals surface area contributed by atoms with Crippen molar-refractivity contribution in [1.29, 1.82) is 0 Å². The van der Waals surface area contributed by atoms with E-state index in [1.54, 1.807) is 5.57 Å². The Bertz CT molecular complexity index is 501. The number of hydrogen-bond donors (Lipinski definition) is 2. The summed E-state index contributed by atoms with van der Waals surface area (Å²) in [6.45, 7) is 0. The van der Waals surface area contributed by atoms with Gasteiger partial charge in [0.05, 0.1) is 6.17 Å². The van der Waals surface area contributed by atoms with Crippen LogP contribution in [-0.2, 0) is 0 Å². The topological polar surface area (TPSA) is 30.5 Å². The predicted octanol–water partition coefficient (Wildman–Crippen LogP) is 2.24. The number of nitrogens with zero attached hydrogens (tertiary/aromatic N) is 2. The second kappa shape index (κ2) is 6.37. The molecule has 4 heteroatoms. The van der Waals surface area contributed by atoms with Gasteiger partial charge in [-0.15, -0.1) is 0 Å². The van der Waals surface area contributed by atoms with E-state index in [9.17, 15) is 0 Å². The Balaban J connectivity index is 1.65. The van der Waals surface area contributed by atoms with Crippen molar-refractivity contribution in [2.24, 2.45) is 5.92 Å². The van der Waals surface area contributed by atoms with Crippen LogP contribution in [0.3, 0.4) is 0 Å². The highest BCUT2D eigenvalue weighted by Gasteiger charge is 2.30. The third-order valence-corrected chi connectivity index (χ3v) is 5.31. The molecule has 0 bridgehead atoms. The van der Waals surface area contributed by atoms with Gasteiger partial charge in [-0.25, -0.2) is 0 Å². The van der Waals surface area contributed by atoms with Crippen LogP contribution < -0.4 is 10.6 Å². The van der Waals surface area contributed by atoms with Crippen molar-refractivity contribution in [2.75, 3.05) is 28.2 Å². The Morgan fingerprint density at radius 3 is 2.50 bits per heavy atom. The summed E-state index contributed by atoms with van der Waals surface area (Å²) < 4.78 is 0. The lowest BCUT2D eigenvalue weighted by Crippen LogP contribution is -2.45. The van der Waals surface area contributed by atoms with Crippen LogP contribution in [0.15, 0.2) is 35.3 Å². The van der Waals surface area contributed by atoms with E-state index in [1.807, 2.05) is 0 Å². The molecule has 1 fully saturated rings. The third-order valence-electron chi connectivity index (χ3n) is 5.31. The molecular formula is C18H30N4. The van der Waals surface area contributed by atoms with Crippen molar-refractivity contribution in [3.63, 3.8) is 0 Å². The third kappa shape index (κ3) is 3.17. The van der Waals surface area contributed by atoms with Crippen molar-refractivity contribution in [2.45, 2.75) is 44.3 Å². The molecule has 3 rings (SSSR count). The molecule has 2 N–H and O–H groups in total. The average Bonchev–Trinajstić information content (AvgIpc) is 2.54. The zero-order chi connectivity index (χ0) is 15.7. The van der Waals surface area contributed by atoms with Crippen LogP contribution in [0.5, 0.6) is 0 Å². The maximum absolute atomic E-state index is 3.80. The van der Waals surface area contributed by atoms with E-state index in [4.69, 9.17) is 0 Å². The molecule has 1 aliphatic carbocycles. The summed E-state index contributed by atoms with van der Waals surface area (Å²) in [7, 11) is 8.57. The van der Waals surface area contributed by atoms with Crippen LogP contribution in [0.2, 0.25) is 0 Å². The Kier molecular flexibility index (Phi) is 4.48. The van der Waals surface area contributed by atoms with E-state index < -0.39 is 0 Å². The Morgan fingerprint density at radius 1 is 1.05 bits per heavy atom. The molecule has 0 aromatic rings. The van der Waals surface area contributed by atoms with E-state index >= 15 is 0 Å². The minimum atomic E-state index is 0.486. The monoisotopic (exact) mass is 302 g/mol. The second-order valence-corrected chi connectivity index (χ2v) is 7.25. The van der Waals surface area contributed by atoms with Gasteiger partial charge in [-0.1, -0.05) is 0 Å². The first kappa shape index (κ1) is 15.5. The van der Waals surface area contributed by atoms with Crippen molar-refractivity contribution in [3.8, 4) is 0 Å². The Labute approximate surface area is 134 Å². The number of rotatable bonds is 3. The fourth-order valence-electron chi connectivity index (χ4n) is 3.77. The molecule has 0 saturated carbocycles. The summed E-state index contributed by atoms with van der Waals surface area (Å²) in [4.78, 5) is 4.50. The predicted molar refractivity (Wildman–Crippen MR) is 92.0 cm³/mol. The lowest BCUT2D eigenvalue weighted by Gasteiger charge is -2.39. The lowest BCUT2D eigenvalue weighted by molar-refractivity contribution is 0.239. The number of fused-ring (bicyclic) bond motifs is 1. The highest BCUT2D eigenvalue weighted by Crippen LogP contribution is 2.35. The van der Waals surface area contributed by atoms with E-state index in [1.165, 1.54) is 43.5 Å². The first-order valence-electron chi connectivity index (χ1n) is 8.50. The van der Waals surface area contributed by atoms with Gasteiger partial charge < -0.3 is 15.5 Å². The summed E-state index contributed by atoms with van der Waals surface area (Å²) in [5, 5.41) is 7.35. The van der Waals surface area contributed by atoms with E-state index in [2.05, 4.69) is 67.0 Å². The number of hydrogen-bond acceptors (Lipinski definition) is 4. The van der Waals surface area contributed by atoms with Crippen molar-refractivity contribution >= 4 is 0 Å². The van der Waals surface area contributed by atoms with Gasteiger partial charge >= 0.3 is 0 Å². The molecule has 2 aliphatic heterocycles. The normalized spacial score (nSPS) is 31.3. The van der Waals surface area contributed by atoms with Crippen molar-refractivity contribution in [1.82, 2.24) is 20.4 Å². The Morgan fingerprint density at radius 2 is 1.86 bits per heavy atom. The minimum Gasteiger partial charge on any atom is -0.382 e. The molecule has 22 heavy (non-hydrogen) atoms. The standard InChI is InChI=1S/C18H30N4/c1-21(2)15-7-9-16-13(11-15)5-8-17(20-16)14-6-10-18(19-12-14)22(3)4/h7,9,12-13,17-20H,5-6,8,10-11H2,1-4H3/t13?,17-,18+/m0/s1. The maximum atomic E-state index is 3.80. The molecule has 1 unspecified atom stereocenters. The highest BCUT2D eigenvalue weighted by molar-refractivity contribution is 5.29. The van der Waals surface area contributed by atoms with E-state index in [0.29, 0.717) is 18.1 Å². The lowest BCUT2D eigenvalue weighted by atomic mass is 9.82. The minimum absolute atomic E-state index is 0.486. The van der Waals surface area contributed by atoms with Gasteiger partial charge in [0.25, 0.3) is 0 Å². The van der Waals surface area contributed by atoms with Crippen molar-refractivity contribution in [3.05, 3.63) is 35.3 Å². The summed E-state index contributed by atoms with van der Waals surface area (Å²) in [5.74, 6) is 0.685. The van der Waals surface area contributed by atoms with Crippen LogP contribution in [0.25, 0.3) is 0 Å². The smallest absolute Gasteiger partial charge is 0.0786 e. The molecule has 0 aromatic carbocycles. The van der Waals surface area contributed by atoms with Gasteiger partial charge in [-0.2, -0.15) is 0 Å². The summed E-state index contributed by atoms with van der Waals surface area (Å²) in [6.07, 6.45) is 13.4. The molecular weight excluding hydrogens is 272 g/mol. The fraction of sp³-hybridized carbons (Fsp3) is 0.667. The fourth-order valence-corrected chi connectivity index (χ4v) is 3.77. The number of piperidine rings is 1. The van der Waals surface area contributed by atoms with Gasteiger partial charge in [0.2, 0.25) is 0 Å². The summed E-state index contributed by atoms with van der Waals surface area (Å²) >= 11 is 0. The molecule has 2 heterocycles. The molecule has 3 aliphatic rings. The molecule has 0 radical (unpaired) electrons. The van der Waals surface area contributed by atoms with E-state index in [0.717, 1.165) is 0 Å². The Hall–Kier alpha value is -1.42. The van der Waals surface area contributed by atoms with Gasteiger partial charge in [-0.3, -0.25) is 4.90 Å². The number of allylic oxidation sites excluding steroid dienone is 4. The largest absolute Gasteiger partial charge is 0.382 e. The van der Waals surface area contributed by atoms with Crippen molar-refractivity contribution < 1.29 is 0 Å². The van der Waals surface area contributed by atoms with Gasteiger partial charge in [-0.05, 0) is 70.1 Å². The molecule has 4 nitrogen and oxygen atoms in total. The highest BCUT2D eigenvalue weighted by atomic mass is 15.2. The quantitative estimate of drug-likeness (QED) is 0.837. The zero-order valence-electron chi connectivity index (χ0n) is 14.4. The zero-order valence-corrected chi connectivity index (χ0v) is 14.4. The van der Waals surface area contributed by atoms with E-state index in [-0.39, 0.29) is 0 Å². The SMILES string of the molecule is CN(C)C1=CC=C2N[C@H](C3=CN[C@H](N(C)C)CC3)CCC2C1. The van der Waals surface area contributed by atoms with Crippen LogP contribution in [0.1, 0.15) is 32.1 Å². The summed E-state index contributed by atoms with van der Waals surface area (Å²) in [5.41, 5.74) is 4.43. The molecule has 0 spiro atoms.